The summed E-state index contributed by atoms with van der Waals surface area (Å²) in [5, 5.41) is 0. The molecule has 2 bridgehead atoms. The lowest BCUT2D eigenvalue weighted by Crippen LogP contribution is -2.40. The first kappa shape index (κ1) is 17.6. The summed E-state index contributed by atoms with van der Waals surface area (Å²) in [7, 11) is 0. The zero-order valence-electron chi connectivity index (χ0n) is 16.5. The number of aryl methyl sites for hydroxylation is 1. The van der Waals surface area contributed by atoms with Crippen LogP contribution in [0.5, 0.6) is 5.75 Å². The molecule has 2 saturated carbocycles. The standard InChI is InChI=1S/C25H21NO4/c1-13-4-2-7-16(10-13)30-25(29)14-5-3-6-15(11-14)26-23(27)21-17-8-9-18(20-12-19(17)20)22(21)24(26)28/h2-11,17-22H,12H2,1H3/t17-,18+,19-,20-,21+,22-/m1/s1. The third-order valence-corrected chi connectivity index (χ3v) is 7.20. The summed E-state index contributed by atoms with van der Waals surface area (Å²) in [6.07, 6.45) is 5.45. The second kappa shape index (κ2) is 6.14. The SMILES string of the molecule is Cc1cccc(OC(=O)c2cccc(N3C(=O)[C@@H]4[C@H]5C=C[C@H]([C@H]6C[C@H]56)[C@@H]4C3=O)c2)c1. The van der Waals surface area contributed by atoms with Gasteiger partial charge in [-0.3, -0.25) is 9.59 Å². The first-order valence-corrected chi connectivity index (χ1v) is 10.5. The number of rotatable bonds is 3. The lowest BCUT2D eigenvalue weighted by molar-refractivity contribution is -0.124. The van der Waals surface area contributed by atoms with Gasteiger partial charge < -0.3 is 4.74 Å². The van der Waals surface area contributed by atoms with E-state index in [2.05, 4.69) is 12.2 Å². The molecule has 5 nitrogen and oxygen atoms in total. The Morgan fingerprint density at radius 3 is 2.27 bits per heavy atom. The number of imide groups is 1. The van der Waals surface area contributed by atoms with Crippen LogP contribution in [-0.2, 0) is 9.59 Å². The Morgan fingerprint density at radius 1 is 0.933 bits per heavy atom. The van der Waals surface area contributed by atoms with Crippen molar-refractivity contribution in [3.63, 3.8) is 0 Å². The second-order valence-corrected chi connectivity index (χ2v) is 8.92. The quantitative estimate of drug-likeness (QED) is 0.341. The fraction of sp³-hybridized carbons (Fsp3) is 0.320. The molecule has 30 heavy (non-hydrogen) atoms. The number of allylic oxidation sites excluding steroid dienone is 2. The minimum atomic E-state index is -0.512. The Morgan fingerprint density at radius 2 is 1.60 bits per heavy atom. The number of hydrogen-bond acceptors (Lipinski definition) is 4. The van der Waals surface area contributed by atoms with E-state index >= 15 is 0 Å². The lowest BCUT2D eigenvalue weighted by atomic mass is 9.63. The van der Waals surface area contributed by atoms with Gasteiger partial charge in [0.05, 0.1) is 23.1 Å². The molecule has 4 aliphatic carbocycles. The predicted molar refractivity (Wildman–Crippen MR) is 110 cm³/mol. The molecule has 0 radical (unpaired) electrons. The van der Waals surface area contributed by atoms with Gasteiger partial charge in [0.2, 0.25) is 11.8 Å². The smallest absolute Gasteiger partial charge is 0.343 e. The summed E-state index contributed by atoms with van der Waals surface area (Å²) in [6.45, 7) is 1.92. The molecular formula is C25H21NO4. The van der Waals surface area contributed by atoms with E-state index in [4.69, 9.17) is 4.74 Å². The van der Waals surface area contributed by atoms with Crippen molar-refractivity contribution in [1.29, 1.82) is 0 Å². The predicted octanol–water partition coefficient (Wildman–Crippen LogP) is 3.77. The van der Waals surface area contributed by atoms with Crippen LogP contribution in [-0.4, -0.2) is 17.8 Å². The van der Waals surface area contributed by atoms with Crippen LogP contribution in [0.4, 0.5) is 5.69 Å². The number of anilines is 1. The fourth-order valence-electron chi connectivity index (χ4n) is 5.83. The molecule has 1 heterocycles. The van der Waals surface area contributed by atoms with Gasteiger partial charge in [-0.25, -0.2) is 9.69 Å². The highest BCUT2D eigenvalue weighted by atomic mass is 16.5. The topological polar surface area (TPSA) is 63.7 Å². The highest BCUT2D eigenvalue weighted by molar-refractivity contribution is 6.23. The van der Waals surface area contributed by atoms with E-state index in [0.717, 1.165) is 12.0 Å². The molecule has 0 aromatic heterocycles. The van der Waals surface area contributed by atoms with Gasteiger partial charge in [-0.2, -0.15) is 0 Å². The van der Waals surface area contributed by atoms with Crippen molar-refractivity contribution >= 4 is 23.5 Å². The van der Waals surface area contributed by atoms with Crippen molar-refractivity contribution < 1.29 is 19.1 Å². The summed E-state index contributed by atoms with van der Waals surface area (Å²) in [5.74, 6) is 0.689. The van der Waals surface area contributed by atoms with Gasteiger partial charge in [-0.1, -0.05) is 30.4 Å². The summed E-state index contributed by atoms with van der Waals surface area (Å²) in [5.41, 5.74) is 1.76. The minimum Gasteiger partial charge on any atom is -0.423 e. The van der Waals surface area contributed by atoms with Crippen LogP contribution in [0.15, 0.2) is 60.7 Å². The van der Waals surface area contributed by atoms with Crippen molar-refractivity contribution in [3.8, 4) is 5.75 Å². The van der Waals surface area contributed by atoms with Crippen LogP contribution >= 0.6 is 0 Å². The molecular weight excluding hydrogens is 378 g/mol. The molecule has 0 unspecified atom stereocenters. The molecule has 5 heteroatoms. The van der Waals surface area contributed by atoms with Crippen molar-refractivity contribution in [2.45, 2.75) is 13.3 Å². The van der Waals surface area contributed by atoms with Crippen molar-refractivity contribution in [2.75, 3.05) is 4.90 Å². The number of nitrogens with zero attached hydrogens (tertiary/aromatic N) is 1. The monoisotopic (exact) mass is 399 g/mol. The number of carbonyl (C=O) groups excluding carboxylic acids is 3. The zero-order chi connectivity index (χ0) is 20.6. The highest BCUT2D eigenvalue weighted by Crippen LogP contribution is 2.65. The molecule has 0 spiro atoms. The molecule has 7 rings (SSSR count). The fourth-order valence-corrected chi connectivity index (χ4v) is 5.83. The number of amides is 2. The van der Waals surface area contributed by atoms with E-state index in [1.54, 1.807) is 36.4 Å². The van der Waals surface area contributed by atoms with Crippen molar-refractivity contribution in [3.05, 3.63) is 71.8 Å². The average molecular weight is 399 g/mol. The van der Waals surface area contributed by atoms with Crippen molar-refractivity contribution in [2.24, 2.45) is 35.5 Å². The maximum atomic E-state index is 13.3. The first-order chi connectivity index (χ1) is 14.5. The van der Waals surface area contributed by atoms with Crippen LogP contribution in [0.2, 0.25) is 0 Å². The first-order valence-electron chi connectivity index (χ1n) is 10.5. The number of ether oxygens (including phenoxy) is 1. The Labute approximate surface area is 174 Å². The summed E-state index contributed by atoms with van der Waals surface area (Å²) < 4.78 is 5.47. The Hall–Kier alpha value is -3.21. The lowest BCUT2D eigenvalue weighted by Gasteiger charge is -2.37. The number of carbonyl (C=O) groups is 3. The molecule has 1 saturated heterocycles. The van der Waals surface area contributed by atoms with E-state index in [-0.39, 0.29) is 35.5 Å². The maximum Gasteiger partial charge on any atom is 0.343 e. The molecule has 5 aliphatic rings. The summed E-state index contributed by atoms with van der Waals surface area (Å²) in [4.78, 5) is 40.5. The van der Waals surface area contributed by atoms with Gasteiger partial charge in [0.1, 0.15) is 5.75 Å². The van der Waals surface area contributed by atoms with E-state index < -0.39 is 5.97 Å². The van der Waals surface area contributed by atoms with Gasteiger partial charge in [0.25, 0.3) is 0 Å². The number of hydrogen-bond donors (Lipinski definition) is 0. The maximum absolute atomic E-state index is 13.3. The Kier molecular flexibility index (Phi) is 3.61. The van der Waals surface area contributed by atoms with Gasteiger partial charge in [-0.15, -0.1) is 0 Å². The van der Waals surface area contributed by atoms with Gasteiger partial charge >= 0.3 is 5.97 Å². The average Bonchev–Trinajstić information content (AvgIpc) is 3.52. The number of benzene rings is 2. The third kappa shape index (κ3) is 2.44. The zero-order valence-corrected chi connectivity index (χ0v) is 16.5. The molecule has 2 aromatic carbocycles. The van der Waals surface area contributed by atoms with E-state index in [9.17, 15) is 14.4 Å². The normalized spacial score (nSPS) is 32.8. The van der Waals surface area contributed by atoms with Gasteiger partial charge in [-0.05, 0) is 72.9 Å². The molecule has 1 aliphatic heterocycles. The third-order valence-electron chi connectivity index (χ3n) is 7.20. The summed E-state index contributed by atoms with van der Waals surface area (Å²) in [6, 6.07) is 13.9. The van der Waals surface area contributed by atoms with Crippen molar-refractivity contribution in [1.82, 2.24) is 0 Å². The Bertz CT molecular complexity index is 1100. The molecule has 2 aromatic rings. The second-order valence-electron chi connectivity index (χ2n) is 8.92. The Balaban J connectivity index is 1.29. The summed E-state index contributed by atoms with van der Waals surface area (Å²) >= 11 is 0. The molecule has 150 valence electrons. The van der Waals surface area contributed by atoms with Crippen LogP contribution in [0.25, 0.3) is 0 Å². The van der Waals surface area contributed by atoms with Crippen LogP contribution in [0, 0.1) is 42.4 Å². The molecule has 0 N–H and O–H groups in total. The van der Waals surface area contributed by atoms with Gasteiger partial charge in [0.15, 0.2) is 0 Å². The van der Waals surface area contributed by atoms with E-state index in [0.29, 0.717) is 28.8 Å². The van der Waals surface area contributed by atoms with E-state index in [1.807, 2.05) is 19.1 Å². The van der Waals surface area contributed by atoms with E-state index in [1.165, 1.54) is 4.90 Å². The highest BCUT2D eigenvalue weighted by Gasteiger charge is 2.67. The van der Waals surface area contributed by atoms with Crippen LogP contribution < -0.4 is 9.64 Å². The van der Waals surface area contributed by atoms with Gasteiger partial charge in [0, 0.05) is 0 Å². The molecule has 6 atom stereocenters. The van der Waals surface area contributed by atoms with Crippen LogP contribution in [0.3, 0.4) is 0 Å². The minimum absolute atomic E-state index is 0.126. The molecule has 2 amide bonds. The van der Waals surface area contributed by atoms with Crippen LogP contribution in [0.1, 0.15) is 22.3 Å². The number of esters is 1. The molecule has 3 fully saturated rings. The largest absolute Gasteiger partial charge is 0.423 e.